The standard InChI is InChI=1S/C36H23NS.2C34H21NO.C30H19NS/c1-3-11-24(12-4-1)26-19-27(25-13-5-2-6-14-25)21-28(20-26)37-33-17-9-7-15-29(33)31-23-36-32(22-34(31)37)30-16-8-10-18-35(30)38-36;2*1-2-9-22(10-3-1)25-14-8-11-23-19-24(17-18-26(23)25)35-31-15-6-4-12-27(31)29-21-34-30(20-32(29)35)28-13-5-7-16-33(28)36-34;1-2-9-20(10-3-1)21-11-8-12-22(17-21)31-27-15-6-4-13-23(27)25-19-30-26(18-28(25)31)24-14-5-7-16-29(24)32-30/h1-23H;2*1-21H;1-19H. The van der Waals surface area contributed by atoms with E-state index in [2.05, 4.69) is 504 Å². The molecule has 0 amide bonds. The number of thiophene rings is 2. The number of hydrogen-bond donors (Lipinski definition) is 0. The van der Waals surface area contributed by atoms with Gasteiger partial charge < -0.3 is 27.1 Å². The number of hydrogen-bond acceptors (Lipinski definition) is 4. The summed E-state index contributed by atoms with van der Waals surface area (Å²) in [6.45, 7) is 0. The predicted octanol–water partition coefficient (Wildman–Crippen LogP) is 38.3. The maximum atomic E-state index is 6.23. The molecule has 0 N–H and O–H groups in total. The van der Waals surface area contributed by atoms with Gasteiger partial charge in [0.15, 0.2) is 0 Å². The van der Waals surface area contributed by atoms with Crippen LogP contribution in [-0.2, 0) is 0 Å². The summed E-state index contributed by atoms with van der Waals surface area (Å²) in [5, 5.41) is 25.0. The van der Waals surface area contributed by atoms with E-state index in [0.717, 1.165) is 55.3 Å². The minimum atomic E-state index is 0.926. The van der Waals surface area contributed by atoms with Crippen molar-refractivity contribution in [3.8, 4) is 78.4 Å². The molecule has 0 saturated carbocycles. The Hall–Kier alpha value is -18.2. The van der Waals surface area contributed by atoms with Gasteiger partial charge in [-0.3, -0.25) is 0 Å². The zero-order chi connectivity index (χ0) is 93.4. The lowest BCUT2D eigenvalue weighted by Gasteiger charge is -2.14. The maximum absolute atomic E-state index is 6.23. The van der Waals surface area contributed by atoms with Gasteiger partial charge in [-0.15, -0.1) is 22.7 Å². The number of fused-ring (bicyclic) bond motifs is 26. The summed E-state index contributed by atoms with van der Waals surface area (Å²) in [6.07, 6.45) is 0. The van der Waals surface area contributed by atoms with E-state index < -0.39 is 0 Å². The van der Waals surface area contributed by atoms with E-state index in [-0.39, 0.29) is 0 Å². The molecule has 0 aliphatic rings. The van der Waals surface area contributed by atoms with E-state index in [9.17, 15) is 0 Å². The largest absolute Gasteiger partial charge is 0.456 e. The molecule has 0 radical (unpaired) electrons. The zero-order valence-corrected chi connectivity index (χ0v) is 78.6. The van der Waals surface area contributed by atoms with E-state index in [1.165, 1.54) is 216 Å². The van der Waals surface area contributed by atoms with Gasteiger partial charge in [0.2, 0.25) is 0 Å². The molecule has 6 nitrogen and oxygen atoms in total. The first-order valence-electron chi connectivity index (χ1n) is 48.4. The van der Waals surface area contributed by atoms with Gasteiger partial charge in [0.05, 0.1) is 44.1 Å². The van der Waals surface area contributed by atoms with E-state index in [1.807, 2.05) is 46.9 Å². The van der Waals surface area contributed by atoms with Crippen LogP contribution in [0.25, 0.3) is 271 Å². The van der Waals surface area contributed by atoms with Crippen LogP contribution >= 0.6 is 22.7 Å². The Morgan fingerprint density at radius 2 is 0.437 bits per heavy atom. The Labute approximate surface area is 824 Å². The highest BCUT2D eigenvalue weighted by Gasteiger charge is 2.24. The molecule has 0 spiro atoms. The predicted molar refractivity (Wildman–Crippen MR) is 606 cm³/mol. The van der Waals surface area contributed by atoms with Crippen molar-refractivity contribution >= 4 is 216 Å². The van der Waals surface area contributed by atoms with Crippen LogP contribution in [0.15, 0.2) is 518 Å². The SMILES string of the molecule is c1ccc(-c2cc(-c3ccccc3)cc(-n3c4ccccc4c4cc5sc6ccccc6c5cc43)c2)cc1.c1ccc(-c2cccc(-n3c4ccccc4c4cc5sc6ccccc6c5cc43)c2)cc1.c1ccc(-c2cccc3cc(-n4c5ccccc5c5cc6oc7ccccc7c6cc54)ccc23)cc1.c1ccc(-c2cccc3cc(-n4c5ccccc5c5cc6oc7ccccc7c6cc54)ccc23)cc1. The van der Waals surface area contributed by atoms with Crippen LogP contribution < -0.4 is 0 Å². The highest BCUT2D eigenvalue weighted by molar-refractivity contribution is 7.26. The lowest BCUT2D eigenvalue weighted by molar-refractivity contribution is 0.669. The Balaban J connectivity index is 0.0000000926. The summed E-state index contributed by atoms with van der Waals surface area (Å²) >= 11 is 3.76. The average Bonchev–Trinajstić information content (AvgIpc) is 1.58. The molecule has 0 saturated heterocycles. The molecule has 664 valence electrons. The van der Waals surface area contributed by atoms with Gasteiger partial charge in [0.25, 0.3) is 0 Å². The van der Waals surface area contributed by atoms with E-state index >= 15 is 0 Å². The second-order valence-corrected chi connectivity index (χ2v) is 39.0. The lowest BCUT2D eigenvalue weighted by Crippen LogP contribution is -1.96. The number of nitrogens with zero attached hydrogens (tertiary/aromatic N) is 4. The molecular weight excluding hydrogens is 1760 g/mol. The number of aromatic nitrogens is 4. The van der Waals surface area contributed by atoms with Crippen LogP contribution in [0, 0.1) is 0 Å². The Morgan fingerprint density at radius 3 is 0.845 bits per heavy atom. The molecule has 8 aromatic heterocycles. The van der Waals surface area contributed by atoms with Crippen molar-refractivity contribution in [1.82, 2.24) is 18.3 Å². The molecule has 8 heterocycles. The second kappa shape index (κ2) is 33.9. The van der Waals surface area contributed by atoms with Gasteiger partial charge in [-0.2, -0.15) is 0 Å². The van der Waals surface area contributed by atoms with Crippen molar-refractivity contribution in [3.63, 3.8) is 0 Å². The van der Waals surface area contributed by atoms with Crippen molar-refractivity contribution in [2.24, 2.45) is 0 Å². The van der Waals surface area contributed by atoms with Crippen molar-refractivity contribution in [2.45, 2.75) is 0 Å². The third kappa shape index (κ3) is 13.9. The molecule has 142 heavy (non-hydrogen) atoms. The summed E-state index contributed by atoms with van der Waals surface area (Å²) in [5.74, 6) is 0. The zero-order valence-electron chi connectivity index (χ0n) is 76.9. The Bertz CT molecular complexity index is 10100. The third-order valence-corrected chi connectivity index (χ3v) is 31.0. The van der Waals surface area contributed by atoms with Crippen molar-refractivity contribution in [1.29, 1.82) is 0 Å². The van der Waals surface area contributed by atoms with Gasteiger partial charge in [0.1, 0.15) is 22.3 Å². The fourth-order valence-electron chi connectivity index (χ4n) is 22.2. The van der Waals surface area contributed by atoms with Crippen LogP contribution in [0.1, 0.15) is 0 Å². The molecule has 23 aromatic carbocycles. The monoisotopic (exact) mass is 1840 g/mol. The molecular formula is C134H84N4O2S2. The Kier molecular flexibility index (Phi) is 19.6. The Morgan fingerprint density at radius 1 is 0.134 bits per heavy atom. The normalized spacial score (nSPS) is 11.8. The topological polar surface area (TPSA) is 46.0 Å². The fraction of sp³-hybridized carbons (Fsp3) is 0. The second-order valence-electron chi connectivity index (χ2n) is 36.8. The fourth-order valence-corrected chi connectivity index (χ4v) is 24.5. The highest BCUT2D eigenvalue weighted by Crippen LogP contribution is 2.48. The molecule has 0 aliphatic carbocycles. The molecule has 31 rings (SSSR count). The van der Waals surface area contributed by atoms with E-state index in [4.69, 9.17) is 8.83 Å². The minimum absolute atomic E-state index is 0.926. The van der Waals surface area contributed by atoms with Crippen LogP contribution in [-0.4, -0.2) is 18.3 Å². The van der Waals surface area contributed by atoms with Crippen molar-refractivity contribution < 1.29 is 8.83 Å². The first-order chi connectivity index (χ1) is 70.4. The molecule has 0 aliphatic heterocycles. The first kappa shape index (κ1) is 82.1. The smallest absolute Gasteiger partial charge is 0.136 e. The van der Waals surface area contributed by atoms with Crippen LogP contribution in [0.4, 0.5) is 0 Å². The van der Waals surface area contributed by atoms with Crippen LogP contribution in [0.2, 0.25) is 0 Å². The van der Waals surface area contributed by atoms with Gasteiger partial charge >= 0.3 is 0 Å². The van der Waals surface area contributed by atoms with Crippen molar-refractivity contribution in [2.75, 3.05) is 0 Å². The number of furan rings is 2. The number of benzene rings is 23. The molecule has 0 atom stereocenters. The lowest BCUT2D eigenvalue weighted by atomic mass is 9.98. The molecule has 0 bridgehead atoms. The number of para-hydroxylation sites is 6. The highest BCUT2D eigenvalue weighted by atomic mass is 32.1. The van der Waals surface area contributed by atoms with E-state index in [1.54, 1.807) is 0 Å². The van der Waals surface area contributed by atoms with Gasteiger partial charge in [-0.05, 0) is 229 Å². The van der Waals surface area contributed by atoms with Crippen molar-refractivity contribution in [3.05, 3.63) is 510 Å². The average molecular weight is 1850 g/mol. The summed E-state index contributed by atoms with van der Waals surface area (Å²) in [4.78, 5) is 0. The van der Waals surface area contributed by atoms with Gasteiger partial charge in [-0.1, -0.05) is 358 Å². The summed E-state index contributed by atoms with van der Waals surface area (Å²) in [7, 11) is 0. The summed E-state index contributed by atoms with van der Waals surface area (Å²) in [6, 6.07) is 183. The minimum Gasteiger partial charge on any atom is -0.456 e. The summed E-state index contributed by atoms with van der Waals surface area (Å²) in [5.41, 5.74) is 30.5. The first-order valence-corrected chi connectivity index (χ1v) is 50.0. The van der Waals surface area contributed by atoms with Gasteiger partial charge in [-0.25, -0.2) is 0 Å². The molecule has 8 heteroatoms. The molecule has 0 fully saturated rings. The quantitative estimate of drug-likeness (QED) is 0.145. The summed E-state index contributed by atoms with van der Waals surface area (Å²) < 4.78 is 27.5. The third-order valence-electron chi connectivity index (χ3n) is 28.7. The number of rotatable bonds is 9. The van der Waals surface area contributed by atoms with E-state index in [0.29, 0.717) is 0 Å². The molecule has 31 aromatic rings. The maximum Gasteiger partial charge on any atom is 0.136 e. The van der Waals surface area contributed by atoms with Gasteiger partial charge in [0, 0.05) is 128 Å². The molecule has 0 unspecified atom stereocenters. The van der Waals surface area contributed by atoms with Crippen LogP contribution in [0.5, 0.6) is 0 Å². The van der Waals surface area contributed by atoms with Crippen LogP contribution in [0.3, 0.4) is 0 Å².